The molecule has 240 valence electrons. The van der Waals surface area contributed by atoms with Crippen LogP contribution in [-0.4, -0.2) is 58.2 Å². The van der Waals surface area contributed by atoms with Gasteiger partial charge < -0.3 is 17.7 Å². The van der Waals surface area contributed by atoms with Crippen LogP contribution in [0.5, 0.6) is 0 Å². The van der Waals surface area contributed by atoms with Crippen LogP contribution in [0.3, 0.4) is 0 Å². The van der Waals surface area contributed by atoms with E-state index in [-0.39, 0.29) is 11.5 Å². The second-order valence-corrected chi connectivity index (χ2v) is 37.0. The summed E-state index contributed by atoms with van der Waals surface area (Å²) in [5.41, 5.74) is 0.640. The first-order valence-corrected chi connectivity index (χ1v) is 30.8. The van der Waals surface area contributed by atoms with Gasteiger partial charge in [0.15, 0.2) is 33.3 Å². The molecule has 4 rings (SSSR count). The van der Waals surface area contributed by atoms with Gasteiger partial charge in [-0.1, -0.05) is 13.8 Å². The molecule has 4 aliphatic carbocycles. The quantitative estimate of drug-likeness (QED) is 0.223. The molecule has 8 heteroatoms. The summed E-state index contributed by atoms with van der Waals surface area (Å²) in [6.45, 7) is 34.5. The summed E-state index contributed by atoms with van der Waals surface area (Å²) in [5, 5.41) is 0. The van der Waals surface area contributed by atoms with Crippen LogP contribution in [0.4, 0.5) is 0 Å². The molecule has 4 fully saturated rings. The highest BCUT2D eigenvalue weighted by Crippen LogP contribution is 2.68. The molecule has 0 aromatic heterocycles. The minimum Gasteiger partial charge on any atom is -0.415 e. The van der Waals surface area contributed by atoms with Crippen LogP contribution in [0.2, 0.25) is 78.6 Å². The molecule has 4 nitrogen and oxygen atoms in total. The molecule has 0 amide bonds. The summed E-state index contributed by atoms with van der Waals surface area (Å²) >= 11 is 0. The number of fused-ring (bicyclic) bond motifs is 5. The van der Waals surface area contributed by atoms with Crippen molar-refractivity contribution in [2.75, 3.05) is 6.61 Å². The average molecular weight is 641 g/mol. The number of hydrogen-bond acceptors (Lipinski definition) is 4. The van der Waals surface area contributed by atoms with Crippen molar-refractivity contribution in [1.29, 1.82) is 0 Å². The fourth-order valence-electron chi connectivity index (χ4n) is 10.1. The standard InChI is InChI=1S/C33H68O4Si4/c1-32-20-19-25(35-39(6,7)8)21-24(32)15-16-26-27-17-18-28(30(37-41(12,13)14)23-34-38(3,4)5)33(27,2)22-29(31(26)32)36-40(9,10)11/h24-31H,15-23H2,1-14H3/t24-,25-,26+,27+,28-,29+,30-,31-,32+,33+/m1/s1. The Labute approximate surface area is 259 Å². The summed E-state index contributed by atoms with van der Waals surface area (Å²) in [6.07, 6.45) is 11.5. The Hall–Kier alpha value is 0.708. The van der Waals surface area contributed by atoms with Gasteiger partial charge in [0.05, 0.1) is 12.7 Å². The molecule has 0 bridgehead atoms. The third-order valence-electron chi connectivity index (χ3n) is 11.3. The lowest BCUT2D eigenvalue weighted by atomic mass is 9.43. The zero-order valence-corrected chi connectivity index (χ0v) is 33.6. The smallest absolute Gasteiger partial charge is 0.184 e. The van der Waals surface area contributed by atoms with Crippen LogP contribution < -0.4 is 0 Å². The van der Waals surface area contributed by atoms with Crippen LogP contribution in [0.25, 0.3) is 0 Å². The van der Waals surface area contributed by atoms with Gasteiger partial charge in [0.25, 0.3) is 0 Å². The summed E-state index contributed by atoms with van der Waals surface area (Å²) in [7, 11) is -6.60. The average Bonchev–Trinajstić information content (AvgIpc) is 3.10. The van der Waals surface area contributed by atoms with Crippen molar-refractivity contribution in [3.63, 3.8) is 0 Å². The van der Waals surface area contributed by atoms with Gasteiger partial charge in [-0.15, -0.1) is 0 Å². The largest absolute Gasteiger partial charge is 0.415 e. The van der Waals surface area contributed by atoms with Gasteiger partial charge in [0.2, 0.25) is 0 Å². The molecule has 0 spiro atoms. The van der Waals surface area contributed by atoms with E-state index in [2.05, 4.69) is 92.4 Å². The molecule has 4 saturated carbocycles. The van der Waals surface area contributed by atoms with E-state index in [1.807, 2.05) is 0 Å². The Balaban J connectivity index is 1.65. The SMILES string of the molecule is C[C@]12CC[C@@H](O[Si](C)(C)C)C[C@H]1CC[C@@H]1[C@@H]2[C@@H](O[Si](C)(C)C)C[C@]2(C)[C@@H]([C@@H](CO[Si](C)(C)C)O[Si](C)(C)C)CC[C@@H]12. The highest BCUT2D eigenvalue weighted by Gasteiger charge is 2.65. The van der Waals surface area contributed by atoms with Gasteiger partial charge in [0.1, 0.15) is 0 Å². The molecule has 0 unspecified atom stereocenters. The Morgan fingerprint density at radius 1 is 0.683 bits per heavy atom. The molecule has 0 radical (unpaired) electrons. The van der Waals surface area contributed by atoms with Crippen molar-refractivity contribution >= 4 is 33.3 Å². The van der Waals surface area contributed by atoms with Crippen LogP contribution in [-0.2, 0) is 17.7 Å². The van der Waals surface area contributed by atoms with E-state index < -0.39 is 33.3 Å². The van der Waals surface area contributed by atoms with Gasteiger partial charge in [-0.05, 0) is 170 Å². The van der Waals surface area contributed by atoms with Gasteiger partial charge in [-0.3, -0.25) is 0 Å². The lowest BCUT2D eigenvalue weighted by Gasteiger charge is -2.64. The molecule has 0 saturated heterocycles. The van der Waals surface area contributed by atoms with E-state index >= 15 is 0 Å². The van der Waals surface area contributed by atoms with E-state index in [9.17, 15) is 0 Å². The Bertz CT molecular complexity index is 903. The highest BCUT2D eigenvalue weighted by atomic mass is 28.4. The third-order valence-corrected chi connectivity index (χ3v) is 15.3. The van der Waals surface area contributed by atoms with Gasteiger partial charge >= 0.3 is 0 Å². The van der Waals surface area contributed by atoms with Gasteiger partial charge in [-0.2, -0.15) is 0 Å². The first-order valence-electron chi connectivity index (χ1n) is 17.2. The van der Waals surface area contributed by atoms with Crippen LogP contribution in [0.1, 0.15) is 65.2 Å². The van der Waals surface area contributed by atoms with Crippen molar-refractivity contribution < 1.29 is 17.7 Å². The van der Waals surface area contributed by atoms with E-state index in [1.165, 1.54) is 51.4 Å². The lowest BCUT2D eigenvalue weighted by Crippen LogP contribution is -2.62. The van der Waals surface area contributed by atoms with E-state index in [0.717, 1.165) is 24.4 Å². The minimum absolute atomic E-state index is 0.216. The maximum atomic E-state index is 7.34. The van der Waals surface area contributed by atoms with Crippen LogP contribution >= 0.6 is 0 Å². The van der Waals surface area contributed by atoms with Gasteiger partial charge in [0, 0.05) is 12.2 Å². The molecule has 0 aliphatic heterocycles. The maximum Gasteiger partial charge on any atom is 0.184 e. The number of rotatable bonds is 10. The predicted molar refractivity (Wildman–Crippen MR) is 185 cm³/mol. The predicted octanol–water partition coefficient (Wildman–Crippen LogP) is 9.77. The minimum atomic E-state index is -1.72. The summed E-state index contributed by atoms with van der Waals surface area (Å²) < 4.78 is 27.7. The lowest BCUT2D eigenvalue weighted by molar-refractivity contribution is -0.176. The first-order chi connectivity index (χ1) is 18.5. The van der Waals surface area contributed by atoms with E-state index in [0.29, 0.717) is 29.5 Å². The molecular formula is C33H68O4Si4. The van der Waals surface area contributed by atoms with Crippen molar-refractivity contribution in [3.05, 3.63) is 0 Å². The van der Waals surface area contributed by atoms with E-state index in [1.54, 1.807) is 0 Å². The third kappa shape index (κ3) is 8.11. The second kappa shape index (κ2) is 11.8. The van der Waals surface area contributed by atoms with Crippen molar-refractivity contribution in [3.8, 4) is 0 Å². The van der Waals surface area contributed by atoms with Crippen LogP contribution in [0.15, 0.2) is 0 Å². The summed E-state index contributed by atoms with van der Waals surface area (Å²) in [5.74, 6) is 3.60. The fraction of sp³-hybridized carbons (Fsp3) is 1.00. The molecule has 4 aliphatic rings. The molecule has 0 aromatic carbocycles. The highest BCUT2D eigenvalue weighted by molar-refractivity contribution is 6.70. The summed E-state index contributed by atoms with van der Waals surface area (Å²) in [4.78, 5) is 0. The Morgan fingerprint density at radius 3 is 1.88 bits per heavy atom. The monoisotopic (exact) mass is 640 g/mol. The zero-order chi connectivity index (χ0) is 30.8. The molecule has 0 N–H and O–H groups in total. The molecular weight excluding hydrogens is 573 g/mol. The van der Waals surface area contributed by atoms with Crippen molar-refractivity contribution in [1.82, 2.24) is 0 Å². The molecule has 0 aromatic rings. The molecule has 10 atom stereocenters. The van der Waals surface area contributed by atoms with E-state index in [4.69, 9.17) is 17.7 Å². The maximum absolute atomic E-state index is 7.34. The molecule has 41 heavy (non-hydrogen) atoms. The normalized spacial score (nSPS) is 41.0. The zero-order valence-electron chi connectivity index (χ0n) is 29.6. The van der Waals surface area contributed by atoms with Crippen molar-refractivity contribution in [2.24, 2.45) is 40.4 Å². The topological polar surface area (TPSA) is 36.9 Å². The Morgan fingerprint density at radius 2 is 1.32 bits per heavy atom. The fourth-order valence-corrected chi connectivity index (χ4v) is 14.3. The van der Waals surface area contributed by atoms with Crippen LogP contribution in [0, 0.1) is 40.4 Å². The Kier molecular flexibility index (Phi) is 9.96. The first kappa shape index (κ1) is 34.6. The van der Waals surface area contributed by atoms with Crippen molar-refractivity contribution in [2.45, 2.75) is 162 Å². The number of hydrogen-bond donors (Lipinski definition) is 0. The molecule has 0 heterocycles. The second-order valence-electron chi connectivity index (χ2n) is 19.1. The van der Waals surface area contributed by atoms with Gasteiger partial charge in [-0.25, -0.2) is 0 Å². The summed E-state index contributed by atoms with van der Waals surface area (Å²) in [6, 6.07) is 0.